The van der Waals surface area contributed by atoms with Gasteiger partial charge in [0, 0.05) is 30.0 Å². The van der Waals surface area contributed by atoms with E-state index in [1.54, 1.807) is 12.4 Å². The van der Waals surface area contributed by atoms with Crippen molar-refractivity contribution in [3.05, 3.63) is 24.5 Å². The fraction of sp³-hybridized carbons (Fsp3) is 0.571. The molecule has 1 heterocycles. The fourth-order valence-corrected chi connectivity index (χ4v) is 2.59. The van der Waals surface area contributed by atoms with E-state index in [1.807, 2.05) is 12.1 Å². The summed E-state index contributed by atoms with van der Waals surface area (Å²) in [6.45, 7) is 2.06. The second-order valence-electron chi connectivity index (χ2n) is 5.20. The number of pyridine rings is 1. The number of nitrogens with one attached hydrogen (secondary N) is 1. The summed E-state index contributed by atoms with van der Waals surface area (Å²) in [7, 11) is 0. The zero-order chi connectivity index (χ0) is 13.0. The maximum atomic E-state index is 12.1. The Hall–Kier alpha value is -0.880. The summed E-state index contributed by atoms with van der Waals surface area (Å²) in [6, 6.07) is 3.87. The normalized spacial score (nSPS) is 21.8. The van der Waals surface area contributed by atoms with Crippen LogP contribution < -0.4 is 11.1 Å². The summed E-state index contributed by atoms with van der Waals surface area (Å²) >= 11 is 0. The Labute approximate surface area is 138 Å². The van der Waals surface area contributed by atoms with Crippen molar-refractivity contribution in [2.75, 3.05) is 5.32 Å². The van der Waals surface area contributed by atoms with Crippen LogP contribution in [0.25, 0.3) is 0 Å². The monoisotopic (exact) mass is 337 g/mol. The second-order valence-corrected chi connectivity index (χ2v) is 5.20. The van der Waals surface area contributed by atoms with E-state index in [-0.39, 0.29) is 48.2 Å². The van der Waals surface area contributed by atoms with Crippen LogP contribution in [-0.2, 0) is 4.79 Å². The number of hydrogen-bond donors (Lipinski definition) is 2. The number of nitrogens with zero attached hydrogens (tertiary/aromatic N) is 1. The van der Waals surface area contributed by atoms with Gasteiger partial charge in [0.15, 0.2) is 0 Å². The Balaban J connectivity index is 0. The molecular formula is C14H25Cl2N3O2. The van der Waals surface area contributed by atoms with Gasteiger partial charge in [-0.05, 0) is 50.7 Å². The summed E-state index contributed by atoms with van der Waals surface area (Å²) in [4.78, 5) is 16.0. The van der Waals surface area contributed by atoms with Gasteiger partial charge in [0.2, 0.25) is 5.91 Å². The highest BCUT2D eigenvalue weighted by molar-refractivity contribution is 5.92. The third kappa shape index (κ3) is 6.61. The Morgan fingerprint density at radius 1 is 1.24 bits per heavy atom. The molecule has 0 saturated heterocycles. The molecule has 1 unspecified atom stereocenters. The molecule has 1 saturated carbocycles. The van der Waals surface area contributed by atoms with Crippen LogP contribution in [0.5, 0.6) is 0 Å². The van der Waals surface area contributed by atoms with Gasteiger partial charge in [-0.1, -0.05) is 0 Å². The number of anilines is 1. The van der Waals surface area contributed by atoms with Crippen molar-refractivity contribution in [1.82, 2.24) is 4.98 Å². The van der Waals surface area contributed by atoms with Crippen LogP contribution in [0.1, 0.15) is 32.6 Å². The van der Waals surface area contributed by atoms with Crippen LogP contribution >= 0.6 is 24.8 Å². The number of amides is 1. The smallest absolute Gasteiger partial charge is 0.227 e. The summed E-state index contributed by atoms with van der Waals surface area (Å²) < 4.78 is 0. The maximum absolute atomic E-state index is 12.1. The molecule has 0 spiro atoms. The lowest BCUT2D eigenvalue weighted by Crippen LogP contribution is -2.33. The van der Waals surface area contributed by atoms with Crippen LogP contribution in [0, 0.1) is 11.8 Å². The molecule has 1 aliphatic rings. The Kier molecular flexibility index (Phi) is 11.5. The average Bonchev–Trinajstić information content (AvgIpc) is 2.40. The fourth-order valence-electron chi connectivity index (χ4n) is 2.59. The minimum Gasteiger partial charge on any atom is -0.412 e. The molecule has 0 aromatic carbocycles. The van der Waals surface area contributed by atoms with Gasteiger partial charge < -0.3 is 16.5 Å². The van der Waals surface area contributed by atoms with E-state index in [4.69, 9.17) is 5.73 Å². The maximum Gasteiger partial charge on any atom is 0.227 e. The van der Waals surface area contributed by atoms with Crippen molar-refractivity contribution in [1.29, 1.82) is 0 Å². The molecule has 0 bridgehead atoms. The molecule has 1 aromatic rings. The number of carbonyl (C=O) groups is 1. The van der Waals surface area contributed by atoms with E-state index in [1.165, 1.54) is 0 Å². The van der Waals surface area contributed by atoms with Gasteiger partial charge in [-0.2, -0.15) is 0 Å². The highest BCUT2D eigenvalue weighted by Crippen LogP contribution is 2.30. The standard InChI is InChI=1S/C14H21N3O.2ClH.H2O/c1-10(15)11-2-4-12(5-3-11)14(18)17-13-6-8-16-9-7-13;;;/h6-12H,2-5,15H2,1H3,(H,16,17,18);2*1H;1H2/t10?,11-,12-;;;. The quantitative estimate of drug-likeness (QED) is 0.883. The molecule has 2 rings (SSSR count). The summed E-state index contributed by atoms with van der Waals surface area (Å²) in [5.74, 6) is 0.840. The van der Waals surface area contributed by atoms with E-state index in [9.17, 15) is 4.79 Å². The van der Waals surface area contributed by atoms with E-state index in [0.717, 1.165) is 31.4 Å². The van der Waals surface area contributed by atoms with Crippen molar-refractivity contribution in [3.8, 4) is 0 Å². The van der Waals surface area contributed by atoms with Crippen LogP contribution in [0.4, 0.5) is 5.69 Å². The van der Waals surface area contributed by atoms with Gasteiger partial charge in [0.1, 0.15) is 0 Å². The average molecular weight is 338 g/mol. The Morgan fingerprint density at radius 3 is 2.24 bits per heavy atom. The van der Waals surface area contributed by atoms with Gasteiger partial charge in [-0.15, -0.1) is 24.8 Å². The second kappa shape index (κ2) is 10.8. The van der Waals surface area contributed by atoms with Gasteiger partial charge in [0.25, 0.3) is 0 Å². The molecule has 21 heavy (non-hydrogen) atoms. The Bertz CT molecular complexity index is 396. The highest BCUT2D eigenvalue weighted by atomic mass is 35.5. The third-order valence-corrected chi connectivity index (χ3v) is 3.83. The highest BCUT2D eigenvalue weighted by Gasteiger charge is 2.27. The van der Waals surface area contributed by atoms with Gasteiger partial charge >= 0.3 is 0 Å². The van der Waals surface area contributed by atoms with E-state index in [2.05, 4.69) is 17.2 Å². The molecule has 1 aromatic heterocycles. The zero-order valence-corrected chi connectivity index (χ0v) is 13.8. The van der Waals surface area contributed by atoms with Gasteiger partial charge in [-0.3, -0.25) is 9.78 Å². The number of nitrogens with two attached hydrogens (primary N) is 1. The number of hydrogen-bond acceptors (Lipinski definition) is 3. The molecular weight excluding hydrogens is 313 g/mol. The first kappa shape index (κ1) is 22.4. The van der Waals surface area contributed by atoms with Crippen LogP contribution in [0.15, 0.2) is 24.5 Å². The molecule has 1 fully saturated rings. The van der Waals surface area contributed by atoms with Gasteiger partial charge in [0.05, 0.1) is 0 Å². The molecule has 0 radical (unpaired) electrons. The van der Waals surface area contributed by atoms with Crippen LogP contribution in [0.3, 0.4) is 0 Å². The minimum absolute atomic E-state index is 0. The first-order chi connectivity index (χ1) is 8.66. The van der Waals surface area contributed by atoms with Crippen molar-refractivity contribution >= 4 is 36.4 Å². The summed E-state index contributed by atoms with van der Waals surface area (Å²) in [5.41, 5.74) is 6.73. The van der Waals surface area contributed by atoms with Crippen molar-refractivity contribution < 1.29 is 10.3 Å². The van der Waals surface area contributed by atoms with Crippen molar-refractivity contribution in [3.63, 3.8) is 0 Å². The first-order valence-electron chi connectivity index (χ1n) is 6.63. The third-order valence-electron chi connectivity index (χ3n) is 3.83. The van der Waals surface area contributed by atoms with Crippen LogP contribution in [-0.4, -0.2) is 22.4 Å². The van der Waals surface area contributed by atoms with Crippen molar-refractivity contribution in [2.24, 2.45) is 17.6 Å². The first-order valence-corrected chi connectivity index (χ1v) is 6.63. The predicted octanol–water partition coefficient (Wildman–Crippen LogP) is 2.19. The lowest BCUT2D eigenvalue weighted by Gasteiger charge is -2.29. The Morgan fingerprint density at radius 2 is 1.76 bits per heavy atom. The number of aromatic nitrogens is 1. The van der Waals surface area contributed by atoms with E-state index < -0.39 is 0 Å². The molecule has 1 amide bonds. The molecule has 1 aliphatic carbocycles. The summed E-state index contributed by atoms with van der Waals surface area (Å²) in [6.07, 6.45) is 7.38. The SMILES string of the molecule is CC(N)[C@H]1CC[C@H](C(=O)Nc2ccncc2)CC1.Cl.Cl.O. The number of rotatable bonds is 3. The molecule has 7 heteroatoms. The van der Waals surface area contributed by atoms with Crippen LogP contribution in [0.2, 0.25) is 0 Å². The van der Waals surface area contributed by atoms with Gasteiger partial charge in [-0.25, -0.2) is 0 Å². The predicted molar refractivity (Wildman–Crippen MR) is 90.1 cm³/mol. The topological polar surface area (TPSA) is 99.5 Å². The van der Waals surface area contributed by atoms with E-state index >= 15 is 0 Å². The lowest BCUT2D eigenvalue weighted by molar-refractivity contribution is -0.121. The summed E-state index contributed by atoms with van der Waals surface area (Å²) in [5, 5.41) is 2.95. The van der Waals surface area contributed by atoms with E-state index in [0.29, 0.717) is 5.92 Å². The molecule has 5 N–H and O–H groups in total. The number of carbonyl (C=O) groups excluding carboxylic acids is 1. The zero-order valence-electron chi connectivity index (χ0n) is 12.1. The molecule has 5 nitrogen and oxygen atoms in total. The van der Waals surface area contributed by atoms with Crippen molar-refractivity contribution in [2.45, 2.75) is 38.6 Å². The number of halogens is 2. The molecule has 1 atom stereocenters. The molecule has 122 valence electrons. The lowest BCUT2D eigenvalue weighted by atomic mass is 9.79. The minimum atomic E-state index is 0. The molecule has 0 aliphatic heterocycles. The largest absolute Gasteiger partial charge is 0.412 e.